The molecule has 0 atom stereocenters. The maximum absolute atomic E-state index is 12.6. The predicted molar refractivity (Wildman–Crippen MR) is 81.3 cm³/mol. The van der Waals surface area contributed by atoms with Crippen molar-refractivity contribution < 1.29 is 19.0 Å². The summed E-state index contributed by atoms with van der Waals surface area (Å²) < 4.78 is 15.8. The van der Waals surface area contributed by atoms with Gasteiger partial charge in [-0.3, -0.25) is 4.79 Å². The molecule has 0 aliphatic heterocycles. The number of carbonyl (C=O) groups is 1. The summed E-state index contributed by atoms with van der Waals surface area (Å²) in [4.78, 5) is 14.2. The molecule has 118 valence electrons. The summed E-state index contributed by atoms with van der Waals surface area (Å²) in [5.74, 6) is 1.18. The molecule has 0 radical (unpaired) electrons. The molecule has 1 aromatic rings. The minimum Gasteiger partial charge on any atom is -0.493 e. The molecule has 6 heteroatoms. The van der Waals surface area contributed by atoms with Crippen LogP contribution in [0.15, 0.2) is 12.1 Å². The second-order valence-corrected chi connectivity index (χ2v) is 5.29. The number of ether oxygens (including phenoxy) is 3. The van der Waals surface area contributed by atoms with Crippen molar-refractivity contribution in [1.29, 1.82) is 0 Å². The first-order valence-corrected chi connectivity index (χ1v) is 6.60. The molecule has 6 nitrogen and oxygen atoms in total. The second kappa shape index (κ2) is 6.67. The number of nitrogens with two attached hydrogens (primary N) is 1. The first-order chi connectivity index (χ1) is 9.82. The Morgan fingerprint density at radius 2 is 1.62 bits per heavy atom. The van der Waals surface area contributed by atoms with Gasteiger partial charge in [0, 0.05) is 24.7 Å². The van der Waals surface area contributed by atoms with Crippen LogP contribution in [0.5, 0.6) is 17.2 Å². The molecule has 0 aliphatic carbocycles. The summed E-state index contributed by atoms with van der Waals surface area (Å²) in [6.07, 6.45) is 0. The van der Waals surface area contributed by atoms with Crippen molar-refractivity contribution in [2.75, 3.05) is 34.9 Å². The van der Waals surface area contributed by atoms with Crippen LogP contribution in [0, 0.1) is 0 Å². The van der Waals surface area contributed by atoms with E-state index in [0.29, 0.717) is 29.4 Å². The van der Waals surface area contributed by atoms with Crippen LogP contribution in [0.1, 0.15) is 24.2 Å². The molecule has 0 saturated heterocycles. The van der Waals surface area contributed by atoms with E-state index in [-0.39, 0.29) is 5.91 Å². The zero-order valence-corrected chi connectivity index (χ0v) is 13.5. The van der Waals surface area contributed by atoms with E-state index in [0.717, 1.165) is 0 Å². The highest BCUT2D eigenvalue weighted by Crippen LogP contribution is 2.38. The van der Waals surface area contributed by atoms with Crippen LogP contribution in [0.3, 0.4) is 0 Å². The Hall–Kier alpha value is -1.95. The van der Waals surface area contributed by atoms with E-state index in [1.54, 1.807) is 24.1 Å². The molecule has 0 heterocycles. The molecule has 0 unspecified atom stereocenters. The first kappa shape index (κ1) is 17.1. The quantitative estimate of drug-likeness (QED) is 0.861. The Kier molecular flexibility index (Phi) is 5.43. The summed E-state index contributed by atoms with van der Waals surface area (Å²) >= 11 is 0. The van der Waals surface area contributed by atoms with Gasteiger partial charge in [-0.2, -0.15) is 0 Å². The molecular formula is C15H24N2O4. The standard InChI is InChI=1S/C15H24N2O4/c1-15(2,9-16)17(3)14(18)10-7-11(19-4)13(21-6)12(8-10)20-5/h7-8H,9,16H2,1-6H3. The lowest BCUT2D eigenvalue weighted by Crippen LogP contribution is -2.50. The van der Waals surface area contributed by atoms with Gasteiger partial charge in [0.1, 0.15) is 0 Å². The Balaban J connectivity index is 3.28. The van der Waals surface area contributed by atoms with Gasteiger partial charge in [-0.15, -0.1) is 0 Å². The third-order valence-electron chi connectivity index (χ3n) is 3.62. The second-order valence-electron chi connectivity index (χ2n) is 5.29. The van der Waals surface area contributed by atoms with E-state index in [2.05, 4.69) is 0 Å². The number of benzene rings is 1. The SMILES string of the molecule is COc1cc(C(=O)N(C)C(C)(C)CN)cc(OC)c1OC. The Morgan fingerprint density at radius 3 is 1.95 bits per heavy atom. The van der Waals surface area contributed by atoms with Gasteiger partial charge in [-0.1, -0.05) is 0 Å². The monoisotopic (exact) mass is 296 g/mol. The fourth-order valence-electron chi connectivity index (χ4n) is 1.81. The Morgan fingerprint density at radius 1 is 1.14 bits per heavy atom. The predicted octanol–water partition coefficient (Wildman–Crippen LogP) is 1.52. The molecule has 0 aromatic heterocycles. The zero-order valence-electron chi connectivity index (χ0n) is 13.5. The maximum atomic E-state index is 12.6. The van der Waals surface area contributed by atoms with Crippen LogP contribution < -0.4 is 19.9 Å². The van der Waals surface area contributed by atoms with Gasteiger partial charge in [0.2, 0.25) is 5.75 Å². The number of methoxy groups -OCH3 is 3. The molecule has 0 saturated carbocycles. The van der Waals surface area contributed by atoms with Gasteiger partial charge in [0.15, 0.2) is 11.5 Å². The number of hydrogen-bond donors (Lipinski definition) is 1. The first-order valence-electron chi connectivity index (χ1n) is 6.60. The number of amides is 1. The normalized spacial score (nSPS) is 11.0. The molecule has 1 rings (SSSR count). The van der Waals surface area contributed by atoms with Crippen molar-refractivity contribution in [1.82, 2.24) is 4.90 Å². The summed E-state index contributed by atoms with van der Waals surface area (Å²) in [6.45, 7) is 4.17. The minimum atomic E-state index is -0.447. The fourth-order valence-corrected chi connectivity index (χ4v) is 1.81. The van der Waals surface area contributed by atoms with Crippen molar-refractivity contribution in [3.05, 3.63) is 17.7 Å². The van der Waals surface area contributed by atoms with Gasteiger partial charge in [0.05, 0.1) is 21.3 Å². The molecule has 0 spiro atoms. The van der Waals surface area contributed by atoms with Crippen LogP contribution >= 0.6 is 0 Å². The average Bonchev–Trinajstić information content (AvgIpc) is 2.51. The number of nitrogens with zero attached hydrogens (tertiary/aromatic N) is 1. The Labute approximate surface area is 125 Å². The van der Waals surface area contributed by atoms with Gasteiger partial charge >= 0.3 is 0 Å². The number of rotatable bonds is 6. The molecule has 0 aliphatic rings. The lowest BCUT2D eigenvalue weighted by molar-refractivity contribution is 0.0639. The third kappa shape index (κ3) is 3.39. The van der Waals surface area contributed by atoms with Crippen LogP contribution in [-0.4, -0.2) is 51.3 Å². The molecule has 2 N–H and O–H groups in total. The average molecular weight is 296 g/mol. The number of hydrogen-bond acceptors (Lipinski definition) is 5. The van der Waals surface area contributed by atoms with Gasteiger partial charge in [0.25, 0.3) is 5.91 Å². The smallest absolute Gasteiger partial charge is 0.254 e. The summed E-state index contributed by atoms with van der Waals surface area (Å²) in [5, 5.41) is 0. The van der Waals surface area contributed by atoms with Gasteiger partial charge < -0.3 is 24.8 Å². The maximum Gasteiger partial charge on any atom is 0.254 e. The summed E-state index contributed by atoms with van der Waals surface area (Å²) in [6, 6.07) is 3.26. The van der Waals surface area contributed by atoms with Crippen molar-refractivity contribution >= 4 is 5.91 Å². The third-order valence-corrected chi connectivity index (χ3v) is 3.62. The lowest BCUT2D eigenvalue weighted by Gasteiger charge is -2.34. The van der Waals surface area contributed by atoms with E-state index in [1.807, 2.05) is 13.8 Å². The molecular weight excluding hydrogens is 272 g/mol. The molecule has 21 heavy (non-hydrogen) atoms. The molecule has 0 bridgehead atoms. The van der Waals surface area contributed by atoms with E-state index in [9.17, 15) is 4.79 Å². The van der Waals surface area contributed by atoms with Crippen molar-refractivity contribution in [3.8, 4) is 17.2 Å². The topological polar surface area (TPSA) is 74.0 Å². The van der Waals surface area contributed by atoms with Gasteiger partial charge in [-0.05, 0) is 26.0 Å². The molecule has 1 aromatic carbocycles. The largest absolute Gasteiger partial charge is 0.493 e. The van der Waals surface area contributed by atoms with Crippen LogP contribution in [-0.2, 0) is 0 Å². The lowest BCUT2D eigenvalue weighted by atomic mass is 10.0. The van der Waals surface area contributed by atoms with Crippen LogP contribution in [0.2, 0.25) is 0 Å². The van der Waals surface area contributed by atoms with Crippen LogP contribution in [0.25, 0.3) is 0 Å². The molecule has 0 fully saturated rings. The summed E-state index contributed by atoms with van der Waals surface area (Å²) in [5.41, 5.74) is 5.72. The zero-order chi connectivity index (χ0) is 16.2. The molecule has 1 amide bonds. The summed E-state index contributed by atoms with van der Waals surface area (Å²) in [7, 11) is 6.27. The van der Waals surface area contributed by atoms with Crippen molar-refractivity contribution in [2.24, 2.45) is 5.73 Å². The highest BCUT2D eigenvalue weighted by molar-refractivity contribution is 5.96. The highest BCUT2D eigenvalue weighted by atomic mass is 16.5. The van der Waals surface area contributed by atoms with Crippen molar-refractivity contribution in [3.63, 3.8) is 0 Å². The van der Waals surface area contributed by atoms with E-state index in [1.165, 1.54) is 21.3 Å². The highest BCUT2D eigenvalue weighted by Gasteiger charge is 2.28. The Bertz CT molecular complexity index is 489. The number of carbonyl (C=O) groups excluding carboxylic acids is 1. The van der Waals surface area contributed by atoms with Crippen LogP contribution in [0.4, 0.5) is 0 Å². The van der Waals surface area contributed by atoms with Gasteiger partial charge in [-0.25, -0.2) is 0 Å². The van der Waals surface area contributed by atoms with Crippen molar-refractivity contribution in [2.45, 2.75) is 19.4 Å². The van der Waals surface area contributed by atoms with E-state index < -0.39 is 5.54 Å². The van der Waals surface area contributed by atoms with E-state index >= 15 is 0 Å². The number of likely N-dealkylation sites (N-methyl/N-ethyl adjacent to an activating group) is 1. The van der Waals surface area contributed by atoms with E-state index in [4.69, 9.17) is 19.9 Å². The fraction of sp³-hybridized carbons (Fsp3) is 0.533. The minimum absolute atomic E-state index is 0.162.